The highest BCUT2D eigenvalue weighted by Gasteiger charge is 2.52. The van der Waals surface area contributed by atoms with Gasteiger partial charge in [0.2, 0.25) is 5.67 Å². The molecule has 1 aromatic heterocycles. The van der Waals surface area contributed by atoms with E-state index in [4.69, 9.17) is 11.6 Å². The van der Waals surface area contributed by atoms with Crippen molar-refractivity contribution in [2.75, 3.05) is 6.61 Å². The molecule has 1 heterocycles. The van der Waals surface area contributed by atoms with Crippen molar-refractivity contribution in [3.05, 3.63) is 64.2 Å². The molecule has 8 heteroatoms. The number of carbonyl (C=O) groups excluding carboxylic acids is 1. The molecule has 0 saturated carbocycles. The summed E-state index contributed by atoms with van der Waals surface area (Å²) in [6.07, 6.45) is 0.881. The zero-order valence-electron chi connectivity index (χ0n) is 14.5. The second-order valence-corrected chi connectivity index (χ2v) is 7.16. The zero-order chi connectivity index (χ0) is 19.8. The van der Waals surface area contributed by atoms with Gasteiger partial charge in [-0.3, -0.25) is 9.78 Å². The Morgan fingerprint density at radius 3 is 2.81 bits per heavy atom. The molecule has 3 N–H and O–H groups in total. The van der Waals surface area contributed by atoms with Crippen LogP contribution in [0.25, 0.3) is 0 Å². The van der Waals surface area contributed by atoms with Crippen LogP contribution in [-0.4, -0.2) is 27.7 Å². The minimum atomic E-state index is -2.42. The second-order valence-electron chi connectivity index (χ2n) is 6.75. The van der Waals surface area contributed by atoms with E-state index in [1.54, 1.807) is 6.92 Å². The van der Waals surface area contributed by atoms with Crippen LogP contribution in [0.1, 0.15) is 42.6 Å². The summed E-state index contributed by atoms with van der Waals surface area (Å²) < 4.78 is 29.0. The highest BCUT2D eigenvalue weighted by atomic mass is 35.5. The molecule has 0 radical (unpaired) electrons. The quantitative estimate of drug-likeness (QED) is 0.742. The third kappa shape index (κ3) is 3.42. The van der Waals surface area contributed by atoms with Gasteiger partial charge in [0.15, 0.2) is 0 Å². The Bertz CT molecular complexity index is 882. The van der Waals surface area contributed by atoms with Gasteiger partial charge in [-0.05, 0) is 43.5 Å². The number of nitrogens with one attached hydrogen (secondary N) is 1. The standard InChI is InChI=1S/C19H19ClF2N2O3/c1-11(13-5-4-12(21)9-15(13)20)24-17(26)19(22)7-6-18(27,10-25)16-14(19)3-2-8-23-16/h2-5,8-9,11,25,27H,6-7,10H2,1H3,(H,24,26)/t11-,18+,19+/m1/s1. The first-order chi connectivity index (χ1) is 12.7. The van der Waals surface area contributed by atoms with Crippen LogP contribution in [0, 0.1) is 5.82 Å². The Morgan fingerprint density at radius 2 is 2.15 bits per heavy atom. The fourth-order valence-corrected chi connectivity index (χ4v) is 3.69. The van der Waals surface area contributed by atoms with Crippen molar-refractivity contribution in [2.45, 2.75) is 37.1 Å². The SMILES string of the molecule is C[C@@H](NC(=O)[C@]1(F)CC[C@](O)(CO)c2ncccc21)c1ccc(F)cc1Cl. The number of fused-ring (bicyclic) bond motifs is 1. The number of aliphatic hydroxyl groups excluding tert-OH is 1. The maximum atomic E-state index is 15.7. The first-order valence-electron chi connectivity index (χ1n) is 8.45. The van der Waals surface area contributed by atoms with Crippen LogP contribution in [0.15, 0.2) is 36.5 Å². The third-order valence-electron chi connectivity index (χ3n) is 4.96. The number of hydrogen-bond acceptors (Lipinski definition) is 4. The lowest BCUT2D eigenvalue weighted by Crippen LogP contribution is -2.49. The van der Waals surface area contributed by atoms with Gasteiger partial charge in [0, 0.05) is 16.8 Å². The summed E-state index contributed by atoms with van der Waals surface area (Å²) in [6.45, 7) is 0.980. The highest BCUT2D eigenvalue weighted by molar-refractivity contribution is 6.31. The molecule has 0 bridgehead atoms. The number of hydrogen-bond donors (Lipinski definition) is 3. The van der Waals surface area contributed by atoms with Crippen LogP contribution in [0.5, 0.6) is 0 Å². The molecule has 1 amide bonds. The van der Waals surface area contributed by atoms with E-state index in [2.05, 4.69) is 10.3 Å². The molecular weight excluding hydrogens is 378 g/mol. The largest absolute Gasteiger partial charge is 0.393 e. The molecule has 3 rings (SSSR count). The smallest absolute Gasteiger partial charge is 0.262 e. The number of amides is 1. The lowest BCUT2D eigenvalue weighted by Gasteiger charge is -2.39. The van der Waals surface area contributed by atoms with Crippen molar-refractivity contribution < 1.29 is 23.8 Å². The molecule has 1 aliphatic rings. The first-order valence-corrected chi connectivity index (χ1v) is 8.83. The van der Waals surface area contributed by atoms with E-state index in [-0.39, 0.29) is 29.1 Å². The second kappa shape index (κ2) is 7.14. The molecule has 2 aromatic rings. The van der Waals surface area contributed by atoms with E-state index in [1.807, 2.05) is 0 Å². The molecule has 0 aliphatic heterocycles. The van der Waals surface area contributed by atoms with Gasteiger partial charge in [-0.25, -0.2) is 8.78 Å². The summed E-state index contributed by atoms with van der Waals surface area (Å²) in [5.74, 6) is -1.43. The summed E-state index contributed by atoms with van der Waals surface area (Å²) in [7, 11) is 0. The highest BCUT2D eigenvalue weighted by Crippen LogP contribution is 2.45. The monoisotopic (exact) mass is 396 g/mol. The number of aliphatic hydroxyl groups is 2. The number of nitrogens with zero attached hydrogens (tertiary/aromatic N) is 1. The van der Waals surface area contributed by atoms with Crippen molar-refractivity contribution in [1.29, 1.82) is 0 Å². The van der Waals surface area contributed by atoms with Crippen LogP contribution in [0.4, 0.5) is 8.78 Å². The summed E-state index contributed by atoms with van der Waals surface area (Å²) >= 11 is 6.01. The molecule has 3 atom stereocenters. The van der Waals surface area contributed by atoms with E-state index in [0.717, 1.165) is 6.07 Å². The minimum absolute atomic E-state index is 0.0520. The topological polar surface area (TPSA) is 82.5 Å². The fourth-order valence-electron chi connectivity index (χ4n) is 3.36. The van der Waals surface area contributed by atoms with E-state index in [0.29, 0.717) is 5.56 Å². The Kier molecular flexibility index (Phi) is 5.20. The Hall–Kier alpha value is -2.09. The number of pyridine rings is 1. The molecular formula is C19H19ClF2N2O3. The van der Waals surface area contributed by atoms with Crippen molar-refractivity contribution in [1.82, 2.24) is 10.3 Å². The molecule has 1 aromatic carbocycles. The van der Waals surface area contributed by atoms with Gasteiger partial charge in [-0.1, -0.05) is 23.7 Å². The first kappa shape index (κ1) is 19.7. The summed E-state index contributed by atoms with van der Waals surface area (Å²) in [5.41, 5.74) is -3.81. The number of aromatic nitrogens is 1. The maximum Gasteiger partial charge on any atom is 0.262 e. The summed E-state index contributed by atoms with van der Waals surface area (Å²) in [5, 5.41) is 22.7. The predicted octanol–water partition coefficient (Wildman–Crippen LogP) is 2.89. The number of rotatable bonds is 4. The van der Waals surface area contributed by atoms with Crippen molar-refractivity contribution in [3.8, 4) is 0 Å². The minimum Gasteiger partial charge on any atom is -0.393 e. The summed E-state index contributed by atoms with van der Waals surface area (Å²) in [4.78, 5) is 16.8. The molecule has 5 nitrogen and oxygen atoms in total. The van der Waals surface area contributed by atoms with Gasteiger partial charge in [-0.15, -0.1) is 0 Å². The van der Waals surface area contributed by atoms with Crippen molar-refractivity contribution in [3.63, 3.8) is 0 Å². The summed E-state index contributed by atoms with van der Waals surface area (Å²) in [6, 6.07) is 5.91. The number of alkyl halides is 1. The van der Waals surface area contributed by atoms with Crippen molar-refractivity contribution in [2.24, 2.45) is 0 Å². The molecule has 1 aliphatic carbocycles. The van der Waals surface area contributed by atoms with Crippen LogP contribution >= 0.6 is 11.6 Å². The van der Waals surface area contributed by atoms with E-state index in [9.17, 15) is 19.4 Å². The van der Waals surface area contributed by atoms with Crippen LogP contribution < -0.4 is 5.32 Å². The van der Waals surface area contributed by atoms with Gasteiger partial charge in [-0.2, -0.15) is 0 Å². The Labute approximate surface area is 160 Å². The molecule has 27 heavy (non-hydrogen) atoms. The molecule has 0 unspecified atom stereocenters. The Balaban J connectivity index is 1.91. The molecule has 144 valence electrons. The van der Waals surface area contributed by atoms with Gasteiger partial charge in [0.25, 0.3) is 5.91 Å². The average Bonchev–Trinajstić information content (AvgIpc) is 2.65. The fraction of sp³-hybridized carbons (Fsp3) is 0.368. The van der Waals surface area contributed by atoms with Gasteiger partial charge >= 0.3 is 0 Å². The van der Waals surface area contributed by atoms with Crippen LogP contribution in [0.3, 0.4) is 0 Å². The zero-order valence-corrected chi connectivity index (χ0v) is 15.3. The van der Waals surface area contributed by atoms with Gasteiger partial charge < -0.3 is 15.5 Å². The number of benzene rings is 1. The molecule has 0 saturated heterocycles. The lowest BCUT2D eigenvalue weighted by molar-refractivity contribution is -0.138. The van der Waals surface area contributed by atoms with E-state index in [1.165, 1.54) is 30.5 Å². The van der Waals surface area contributed by atoms with E-state index < -0.39 is 35.6 Å². The average molecular weight is 397 g/mol. The normalized spacial score (nSPS) is 25.6. The van der Waals surface area contributed by atoms with Gasteiger partial charge in [0.1, 0.15) is 11.4 Å². The predicted molar refractivity (Wildman–Crippen MR) is 95.2 cm³/mol. The Morgan fingerprint density at radius 1 is 1.41 bits per heavy atom. The lowest BCUT2D eigenvalue weighted by atomic mass is 9.74. The van der Waals surface area contributed by atoms with E-state index >= 15 is 4.39 Å². The third-order valence-corrected chi connectivity index (χ3v) is 5.28. The maximum absolute atomic E-state index is 15.7. The molecule has 0 spiro atoms. The number of carbonyl (C=O) groups is 1. The number of halogens is 3. The van der Waals surface area contributed by atoms with Crippen LogP contribution in [0.2, 0.25) is 5.02 Å². The molecule has 0 fully saturated rings. The van der Waals surface area contributed by atoms with Gasteiger partial charge in [0.05, 0.1) is 18.3 Å². The van der Waals surface area contributed by atoms with Crippen LogP contribution in [-0.2, 0) is 16.1 Å². The van der Waals surface area contributed by atoms with Crippen molar-refractivity contribution >= 4 is 17.5 Å².